The maximum absolute atomic E-state index is 12.4. The molecule has 0 atom stereocenters. The predicted molar refractivity (Wildman–Crippen MR) is 72.7 cm³/mol. The minimum atomic E-state index is -0.275. The first kappa shape index (κ1) is 11.9. The van der Waals surface area contributed by atoms with E-state index in [-0.39, 0.29) is 11.8 Å². The number of rotatable bonds is 3. The summed E-state index contributed by atoms with van der Waals surface area (Å²) in [7, 11) is 0. The van der Waals surface area contributed by atoms with Gasteiger partial charge < -0.3 is 0 Å². The minimum absolute atomic E-state index is 0.275. The molecule has 1 aliphatic heterocycles. The van der Waals surface area contributed by atoms with E-state index in [1.54, 1.807) is 12.1 Å². The lowest BCUT2D eigenvalue weighted by Crippen LogP contribution is -2.49. The van der Waals surface area contributed by atoms with Gasteiger partial charge in [0.05, 0.1) is 11.1 Å². The van der Waals surface area contributed by atoms with Gasteiger partial charge in [0.1, 0.15) is 0 Å². The zero-order valence-electron chi connectivity index (χ0n) is 10.6. The lowest BCUT2D eigenvalue weighted by atomic mass is 9.95. The monoisotopic (exact) mass is 254 g/mol. The van der Waals surface area contributed by atoms with E-state index < -0.39 is 0 Å². The third kappa shape index (κ3) is 1.72. The Hall–Kier alpha value is -2.20. The van der Waals surface area contributed by atoms with Gasteiger partial charge in [0.15, 0.2) is 0 Å². The number of nitrogens with zero attached hydrogens (tertiary/aromatic N) is 1. The fourth-order valence-corrected chi connectivity index (χ4v) is 2.40. The van der Waals surface area contributed by atoms with E-state index in [9.17, 15) is 9.59 Å². The topological polar surface area (TPSA) is 49.4 Å². The zero-order valence-corrected chi connectivity index (χ0v) is 10.6. The van der Waals surface area contributed by atoms with Crippen LogP contribution in [0.2, 0.25) is 0 Å². The number of carbonyl (C=O) groups is 2. The SMILES string of the molecule is CCCNN1C(=O)c2cccc3cccc(c23)C1=O. The highest BCUT2D eigenvalue weighted by Crippen LogP contribution is 2.28. The zero-order chi connectivity index (χ0) is 13.4. The molecule has 1 aliphatic rings. The Labute approximate surface area is 111 Å². The van der Waals surface area contributed by atoms with Crippen molar-refractivity contribution in [2.75, 3.05) is 6.54 Å². The molecular formula is C15H14N2O2. The molecule has 0 saturated heterocycles. The maximum atomic E-state index is 12.4. The number of amides is 2. The third-order valence-corrected chi connectivity index (χ3v) is 3.29. The van der Waals surface area contributed by atoms with Gasteiger partial charge in [-0.3, -0.25) is 9.59 Å². The van der Waals surface area contributed by atoms with E-state index in [0.717, 1.165) is 22.2 Å². The second kappa shape index (κ2) is 4.48. The number of hydrogen-bond donors (Lipinski definition) is 1. The van der Waals surface area contributed by atoms with Crippen molar-refractivity contribution in [1.82, 2.24) is 10.4 Å². The Morgan fingerprint density at radius 1 is 1.00 bits per heavy atom. The Morgan fingerprint density at radius 2 is 1.58 bits per heavy atom. The van der Waals surface area contributed by atoms with Crippen LogP contribution in [0.4, 0.5) is 0 Å². The van der Waals surface area contributed by atoms with Gasteiger partial charge in [0, 0.05) is 11.9 Å². The van der Waals surface area contributed by atoms with Crippen LogP contribution >= 0.6 is 0 Å². The van der Waals surface area contributed by atoms with Crippen molar-refractivity contribution < 1.29 is 9.59 Å². The molecule has 0 spiro atoms. The van der Waals surface area contributed by atoms with Gasteiger partial charge in [0.25, 0.3) is 11.8 Å². The molecule has 0 saturated carbocycles. The Balaban J connectivity index is 2.19. The Kier molecular flexibility index (Phi) is 2.80. The number of carbonyl (C=O) groups excluding carboxylic acids is 2. The predicted octanol–water partition coefficient (Wildman–Crippen LogP) is 2.35. The fourth-order valence-electron chi connectivity index (χ4n) is 2.40. The molecule has 2 aromatic rings. The normalized spacial score (nSPS) is 14.3. The molecule has 3 rings (SSSR count). The number of benzene rings is 2. The number of hydrazine groups is 1. The van der Waals surface area contributed by atoms with E-state index in [1.165, 1.54) is 0 Å². The van der Waals surface area contributed by atoms with E-state index in [2.05, 4.69) is 5.43 Å². The molecular weight excluding hydrogens is 240 g/mol. The molecule has 96 valence electrons. The Bertz CT molecular complexity index is 628. The van der Waals surface area contributed by atoms with Crippen LogP contribution in [0.15, 0.2) is 36.4 Å². The molecule has 0 radical (unpaired) electrons. The van der Waals surface area contributed by atoms with E-state index in [4.69, 9.17) is 0 Å². The summed E-state index contributed by atoms with van der Waals surface area (Å²) in [4.78, 5) is 24.7. The van der Waals surface area contributed by atoms with Crippen LogP contribution in [-0.2, 0) is 0 Å². The van der Waals surface area contributed by atoms with Crippen LogP contribution < -0.4 is 5.43 Å². The van der Waals surface area contributed by atoms with E-state index in [1.807, 2.05) is 31.2 Å². The van der Waals surface area contributed by atoms with Crippen LogP contribution in [0.1, 0.15) is 34.1 Å². The van der Waals surface area contributed by atoms with E-state index in [0.29, 0.717) is 17.7 Å². The van der Waals surface area contributed by atoms with Crippen molar-refractivity contribution in [2.45, 2.75) is 13.3 Å². The summed E-state index contributed by atoms with van der Waals surface area (Å²) in [6.07, 6.45) is 0.850. The van der Waals surface area contributed by atoms with Crippen molar-refractivity contribution in [3.8, 4) is 0 Å². The van der Waals surface area contributed by atoms with Crippen LogP contribution in [0.25, 0.3) is 10.8 Å². The molecule has 0 aliphatic carbocycles. The van der Waals surface area contributed by atoms with Crippen LogP contribution in [0.3, 0.4) is 0 Å². The van der Waals surface area contributed by atoms with Crippen LogP contribution in [0, 0.1) is 0 Å². The number of hydrogen-bond acceptors (Lipinski definition) is 3. The van der Waals surface area contributed by atoms with Gasteiger partial charge in [0.2, 0.25) is 0 Å². The standard InChI is InChI=1S/C15H14N2O2/c1-2-9-16-17-14(18)11-7-3-5-10-6-4-8-12(13(10)11)15(17)19/h3-8,16H,2,9H2,1H3. The summed E-state index contributed by atoms with van der Waals surface area (Å²) in [6.45, 7) is 2.58. The van der Waals surface area contributed by atoms with Gasteiger partial charge in [-0.2, -0.15) is 0 Å². The molecule has 2 amide bonds. The molecule has 0 bridgehead atoms. The summed E-state index contributed by atoms with van der Waals surface area (Å²) in [5.74, 6) is -0.550. The van der Waals surface area contributed by atoms with Gasteiger partial charge in [-0.1, -0.05) is 31.2 Å². The first-order chi connectivity index (χ1) is 9.24. The number of imide groups is 1. The summed E-state index contributed by atoms with van der Waals surface area (Å²) < 4.78 is 0. The molecule has 0 aromatic heterocycles. The van der Waals surface area contributed by atoms with Crippen LogP contribution in [0.5, 0.6) is 0 Å². The summed E-state index contributed by atoms with van der Waals surface area (Å²) in [5.41, 5.74) is 4.05. The van der Waals surface area contributed by atoms with Gasteiger partial charge in [-0.05, 0) is 23.9 Å². The highest BCUT2D eigenvalue weighted by Gasteiger charge is 2.32. The summed E-state index contributed by atoms with van der Waals surface area (Å²) >= 11 is 0. The van der Waals surface area contributed by atoms with Crippen molar-refractivity contribution in [3.63, 3.8) is 0 Å². The molecule has 1 N–H and O–H groups in total. The van der Waals surface area contributed by atoms with Gasteiger partial charge in [-0.25, -0.2) is 10.4 Å². The largest absolute Gasteiger partial charge is 0.275 e. The lowest BCUT2D eigenvalue weighted by Gasteiger charge is -2.27. The Morgan fingerprint density at radius 3 is 2.11 bits per heavy atom. The van der Waals surface area contributed by atoms with Gasteiger partial charge >= 0.3 is 0 Å². The molecule has 2 aromatic carbocycles. The van der Waals surface area contributed by atoms with Crippen molar-refractivity contribution in [2.24, 2.45) is 0 Å². The van der Waals surface area contributed by atoms with Crippen molar-refractivity contribution in [1.29, 1.82) is 0 Å². The highest BCUT2D eigenvalue weighted by atomic mass is 16.2. The summed E-state index contributed by atoms with van der Waals surface area (Å²) in [5, 5.41) is 2.81. The number of nitrogens with one attached hydrogen (secondary N) is 1. The molecule has 0 unspecified atom stereocenters. The first-order valence-electron chi connectivity index (χ1n) is 6.38. The average molecular weight is 254 g/mol. The smallest absolute Gasteiger partial charge is 0.267 e. The average Bonchev–Trinajstić information content (AvgIpc) is 2.44. The lowest BCUT2D eigenvalue weighted by molar-refractivity contribution is 0.0521. The highest BCUT2D eigenvalue weighted by molar-refractivity contribution is 6.25. The second-order valence-electron chi connectivity index (χ2n) is 4.56. The minimum Gasteiger partial charge on any atom is -0.267 e. The molecule has 19 heavy (non-hydrogen) atoms. The van der Waals surface area contributed by atoms with Crippen molar-refractivity contribution in [3.05, 3.63) is 47.5 Å². The van der Waals surface area contributed by atoms with Crippen molar-refractivity contribution >= 4 is 22.6 Å². The van der Waals surface area contributed by atoms with E-state index >= 15 is 0 Å². The molecule has 4 heteroatoms. The quantitative estimate of drug-likeness (QED) is 0.855. The second-order valence-corrected chi connectivity index (χ2v) is 4.56. The fraction of sp³-hybridized carbons (Fsp3) is 0.200. The van der Waals surface area contributed by atoms with Crippen LogP contribution in [-0.4, -0.2) is 23.4 Å². The third-order valence-electron chi connectivity index (χ3n) is 3.29. The first-order valence-corrected chi connectivity index (χ1v) is 6.38. The molecule has 0 fully saturated rings. The molecule has 1 heterocycles. The van der Waals surface area contributed by atoms with Gasteiger partial charge in [-0.15, -0.1) is 0 Å². The maximum Gasteiger partial charge on any atom is 0.275 e. The summed E-state index contributed by atoms with van der Waals surface area (Å²) in [6, 6.07) is 11.0. The molecule has 4 nitrogen and oxygen atoms in total.